The zero-order chi connectivity index (χ0) is 16.8. The Balaban J connectivity index is 1.33. The monoisotopic (exact) mass is 330 g/mol. The molecule has 1 aromatic carbocycles. The molecule has 0 radical (unpaired) electrons. The number of benzene rings is 1. The topological polar surface area (TPSA) is 83.7 Å². The smallest absolute Gasteiger partial charge is 0.315 e. The van der Waals surface area contributed by atoms with E-state index in [0.717, 1.165) is 36.1 Å². The molecule has 0 fully saturated rings. The number of fused-ring (bicyclic) bond motifs is 1. The molecule has 1 aliphatic rings. The molecule has 1 aromatic heterocycles. The van der Waals surface area contributed by atoms with Gasteiger partial charge in [0.15, 0.2) is 0 Å². The Kier molecular flexibility index (Phi) is 5.38. The highest BCUT2D eigenvalue weighted by atomic mass is 16.5. The maximum atomic E-state index is 12.0. The lowest BCUT2D eigenvalue weighted by atomic mass is 10.1. The first-order valence-corrected chi connectivity index (χ1v) is 8.19. The molecule has 1 heterocycles. The fourth-order valence-corrected chi connectivity index (χ4v) is 2.94. The quantitative estimate of drug-likeness (QED) is 0.682. The number of nitrogens with one attached hydrogen (secondary N) is 2. The molecule has 0 bridgehead atoms. The number of amides is 2. The summed E-state index contributed by atoms with van der Waals surface area (Å²) < 4.78 is 10.6. The van der Waals surface area contributed by atoms with Gasteiger partial charge in [-0.25, -0.2) is 4.79 Å². The Labute approximate surface area is 140 Å². The molecule has 128 valence electrons. The molecule has 2 aromatic rings. The molecule has 1 aliphatic carbocycles. The second-order valence-electron chi connectivity index (χ2n) is 5.82. The van der Waals surface area contributed by atoms with Gasteiger partial charge in [0.25, 0.3) is 0 Å². The SMILES string of the molecule is O=C(NCCCOCc1ccco1)NC1CCc2c(O)cccc21. The van der Waals surface area contributed by atoms with Crippen LogP contribution in [0.1, 0.15) is 35.8 Å². The Morgan fingerprint density at radius 2 is 2.25 bits per heavy atom. The van der Waals surface area contributed by atoms with Crippen molar-refractivity contribution in [2.24, 2.45) is 0 Å². The van der Waals surface area contributed by atoms with Crippen molar-refractivity contribution in [1.29, 1.82) is 0 Å². The van der Waals surface area contributed by atoms with Crippen LogP contribution in [0.25, 0.3) is 0 Å². The number of aromatic hydroxyl groups is 1. The summed E-state index contributed by atoms with van der Waals surface area (Å²) in [6, 6.07) is 8.90. The van der Waals surface area contributed by atoms with Crippen LogP contribution >= 0.6 is 0 Å². The van der Waals surface area contributed by atoms with Crippen molar-refractivity contribution in [2.45, 2.75) is 31.9 Å². The fraction of sp³-hybridized carbons (Fsp3) is 0.389. The van der Waals surface area contributed by atoms with E-state index in [9.17, 15) is 9.90 Å². The highest BCUT2D eigenvalue weighted by molar-refractivity contribution is 5.74. The summed E-state index contributed by atoms with van der Waals surface area (Å²) >= 11 is 0. The molecule has 1 atom stereocenters. The second kappa shape index (κ2) is 7.88. The number of phenols is 1. The fourth-order valence-electron chi connectivity index (χ4n) is 2.94. The van der Waals surface area contributed by atoms with Crippen LogP contribution in [0.3, 0.4) is 0 Å². The zero-order valence-corrected chi connectivity index (χ0v) is 13.5. The van der Waals surface area contributed by atoms with E-state index in [0.29, 0.717) is 25.5 Å². The molecule has 3 N–H and O–H groups in total. The van der Waals surface area contributed by atoms with Gasteiger partial charge in [0.2, 0.25) is 0 Å². The lowest BCUT2D eigenvalue weighted by Crippen LogP contribution is -2.38. The van der Waals surface area contributed by atoms with E-state index in [-0.39, 0.29) is 12.1 Å². The third-order valence-corrected chi connectivity index (χ3v) is 4.13. The lowest BCUT2D eigenvalue weighted by Gasteiger charge is -2.15. The summed E-state index contributed by atoms with van der Waals surface area (Å²) in [6.45, 7) is 1.55. The van der Waals surface area contributed by atoms with Crippen molar-refractivity contribution in [1.82, 2.24) is 10.6 Å². The largest absolute Gasteiger partial charge is 0.508 e. The van der Waals surface area contributed by atoms with Crippen LogP contribution < -0.4 is 10.6 Å². The molecule has 0 saturated heterocycles. The van der Waals surface area contributed by atoms with Crippen molar-refractivity contribution >= 4 is 6.03 Å². The van der Waals surface area contributed by atoms with E-state index in [1.165, 1.54) is 0 Å². The van der Waals surface area contributed by atoms with Gasteiger partial charge in [-0.3, -0.25) is 0 Å². The van der Waals surface area contributed by atoms with Crippen LogP contribution in [0.2, 0.25) is 0 Å². The van der Waals surface area contributed by atoms with E-state index in [4.69, 9.17) is 9.15 Å². The number of carbonyl (C=O) groups excluding carboxylic acids is 1. The van der Waals surface area contributed by atoms with Crippen LogP contribution in [0.5, 0.6) is 5.75 Å². The molecule has 0 spiro atoms. The number of hydrogen-bond donors (Lipinski definition) is 3. The Morgan fingerprint density at radius 3 is 3.08 bits per heavy atom. The minimum atomic E-state index is -0.192. The Bertz CT molecular complexity index is 670. The molecule has 0 aliphatic heterocycles. The van der Waals surface area contributed by atoms with Crippen LogP contribution in [-0.2, 0) is 17.8 Å². The van der Waals surface area contributed by atoms with Gasteiger partial charge >= 0.3 is 6.03 Å². The number of hydrogen-bond acceptors (Lipinski definition) is 4. The van der Waals surface area contributed by atoms with E-state index >= 15 is 0 Å². The normalized spacial score (nSPS) is 15.9. The highest BCUT2D eigenvalue weighted by Crippen LogP contribution is 2.36. The molecule has 6 nitrogen and oxygen atoms in total. The number of urea groups is 1. The van der Waals surface area contributed by atoms with Crippen molar-refractivity contribution in [3.8, 4) is 5.75 Å². The first-order valence-electron chi connectivity index (χ1n) is 8.19. The van der Waals surface area contributed by atoms with Gasteiger partial charge in [0.05, 0.1) is 12.3 Å². The van der Waals surface area contributed by atoms with Crippen molar-refractivity contribution in [3.05, 3.63) is 53.5 Å². The number of phenolic OH excluding ortho intramolecular Hbond substituents is 1. The predicted molar refractivity (Wildman–Crippen MR) is 88.7 cm³/mol. The van der Waals surface area contributed by atoms with Gasteiger partial charge in [-0.1, -0.05) is 12.1 Å². The molecule has 0 saturated carbocycles. The number of rotatable bonds is 7. The van der Waals surface area contributed by atoms with Gasteiger partial charge in [-0.2, -0.15) is 0 Å². The molecule has 1 unspecified atom stereocenters. The van der Waals surface area contributed by atoms with Crippen LogP contribution in [0, 0.1) is 0 Å². The summed E-state index contributed by atoms with van der Waals surface area (Å²) in [6.07, 6.45) is 3.95. The van der Waals surface area contributed by atoms with Crippen LogP contribution in [0.4, 0.5) is 4.79 Å². The highest BCUT2D eigenvalue weighted by Gasteiger charge is 2.25. The maximum absolute atomic E-state index is 12.0. The zero-order valence-electron chi connectivity index (χ0n) is 13.5. The molecule has 3 rings (SSSR count). The molecule has 6 heteroatoms. The summed E-state index contributed by atoms with van der Waals surface area (Å²) in [5, 5.41) is 15.6. The minimum absolute atomic E-state index is 0.0395. The van der Waals surface area contributed by atoms with Gasteiger partial charge in [-0.05, 0) is 48.6 Å². The average molecular weight is 330 g/mol. The van der Waals surface area contributed by atoms with Gasteiger partial charge in [0, 0.05) is 13.2 Å². The van der Waals surface area contributed by atoms with Crippen molar-refractivity contribution in [3.63, 3.8) is 0 Å². The number of furan rings is 1. The predicted octanol–water partition coefficient (Wildman–Crippen LogP) is 2.88. The second-order valence-corrected chi connectivity index (χ2v) is 5.82. The van der Waals surface area contributed by atoms with E-state index in [1.807, 2.05) is 24.3 Å². The number of ether oxygens (including phenoxy) is 1. The minimum Gasteiger partial charge on any atom is -0.508 e. The summed E-state index contributed by atoms with van der Waals surface area (Å²) in [4.78, 5) is 12.0. The standard InChI is InChI=1S/C18H22N2O4/c21-17-6-1-5-14-15(17)7-8-16(14)20-18(22)19-9-3-10-23-12-13-4-2-11-24-13/h1-2,4-6,11,16,21H,3,7-10,12H2,(H2,19,20,22). The Hall–Kier alpha value is -2.47. The van der Waals surface area contributed by atoms with Gasteiger partial charge in [0.1, 0.15) is 18.1 Å². The van der Waals surface area contributed by atoms with Crippen molar-refractivity contribution in [2.75, 3.05) is 13.2 Å². The van der Waals surface area contributed by atoms with Crippen LogP contribution in [0.15, 0.2) is 41.0 Å². The van der Waals surface area contributed by atoms with Crippen molar-refractivity contribution < 1.29 is 19.1 Å². The van der Waals surface area contributed by atoms with E-state index in [1.54, 1.807) is 12.3 Å². The van der Waals surface area contributed by atoms with Crippen LogP contribution in [-0.4, -0.2) is 24.3 Å². The van der Waals surface area contributed by atoms with E-state index in [2.05, 4.69) is 10.6 Å². The first-order chi connectivity index (χ1) is 11.7. The molecular formula is C18H22N2O4. The third-order valence-electron chi connectivity index (χ3n) is 4.13. The summed E-state index contributed by atoms with van der Waals surface area (Å²) in [5.74, 6) is 1.11. The maximum Gasteiger partial charge on any atom is 0.315 e. The lowest BCUT2D eigenvalue weighted by molar-refractivity contribution is 0.104. The first kappa shape index (κ1) is 16.4. The molecule has 24 heavy (non-hydrogen) atoms. The average Bonchev–Trinajstić information content (AvgIpc) is 3.22. The number of carbonyl (C=O) groups is 1. The summed E-state index contributed by atoms with van der Waals surface area (Å²) in [7, 11) is 0. The molecule has 2 amide bonds. The van der Waals surface area contributed by atoms with E-state index < -0.39 is 0 Å². The van der Waals surface area contributed by atoms with Gasteiger partial charge < -0.3 is 24.9 Å². The Morgan fingerprint density at radius 1 is 1.33 bits per heavy atom. The summed E-state index contributed by atoms with van der Waals surface area (Å²) in [5.41, 5.74) is 1.95. The third kappa shape index (κ3) is 4.08. The molecular weight excluding hydrogens is 308 g/mol. The van der Waals surface area contributed by atoms with Gasteiger partial charge in [-0.15, -0.1) is 0 Å².